The fourth-order valence-electron chi connectivity index (χ4n) is 2.21. The van der Waals surface area contributed by atoms with Crippen molar-refractivity contribution in [1.82, 2.24) is 0 Å². The van der Waals surface area contributed by atoms with Gasteiger partial charge in [-0.2, -0.15) is 0 Å². The van der Waals surface area contributed by atoms with Gasteiger partial charge in [0.15, 0.2) is 0 Å². The van der Waals surface area contributed by atoms with Gasteiger partial charge in [-0.3, -0.25) is 0 Å². The van der Waals surface area contributed by atoms with Crippen molar-refractivity contribution in [3.05, 3.63) is 36.1 Å². The first-order valence-corrected chi connectivity index (χ1v) is 6.80. The number of aliphatic imine (C=N–C) groups is 1. The van der Waals surface area contributed by atoms with Gasteiger partial charge in [-0.05, 0) is 50.5 Å². The average Bonchev–Trinajstić information content (AvgIpc) is 2.35. The lowest BCUT2D eigenvalue weighted by Crippen LogP contribution is -2.27. The van der Waals surface area contributed by atoms with Crippen LogP contribution in [0.4, 0.5) is 11.4 Å². The highest BCUT2D eigenvalue weighted by Gasteiger charge is 2.19. The first-order chi connectivity index (χ1) is 9.22. The van der Waals surface area contributed by atoms with E-state index < -0.39 is 0 Å². The van der Waals surface area contributed by atoms with E-state index in [4.69, 9.17) is 10.5 Å². The van der Waals surface area contributed by atoms with Crippen molar-refractivity contribution in [3.8, 4) is 0 Å². The van der Waals surface area contributed by atoms with Gasteiger partial charge in [0.05, 0.1) is 23.7 Å². The lowest BCUT2D eigenvalue weighted by molar-refractivity contribution is 0.445. The summed E-state index contributed by atoms with van der Waals surface area (Å²) in [6, 6.07) is 6.60. The van der Waals surface area contributed by atoms with Crippen LogP contribution in [0.1, 0.15) is 31.7 Å². The molecule has 0 bridgehead atoms. The smallest absolute Gasteiger partial charge is 0.221 e. The maximum absolute atomic E-state index is 6.02. The molecule has 1 saturated carbocycles. The minimum absolute atomic E-state index is 0.157. The lowest BCUT2D eigenvalue weighted by Gasteiger charge is -2.28. The molecule has 1 aliphatic heterocycles. The molecule has 1 aliphatic carbocycles. The molecule has 3 rings (SSSR count). The summed E-state index contributed by atoms with van der Waals surface area (Å²) in [6.07, 6.45) is 7.37. The largest absolute Gasteiger partial charge is 0.447 e. The summed E-state index contributed by atoms with van der Waals surface area (Å²) in [5, 5.41) is 3.48. The van der Waals surface area contributed by atoms with Crippen molar-refractivity contribution in [3.63, 3.8) is 0 Å². The Hall–Kier alpha value is -1.97. The van der Waals surface area contributed by atoms with E-state index in [-0.39, 0.29) is 6.04 Å². The van der Waals surface area contributed by atoms with Crippen LogP contribution in [0.2, 0.25) is 0 Å². The summed E-state index contributed by atoms with van der Waals surface area (Å²) in [7, 11) is 0. The van der Waals surface area contributed by atoms with Gasteiger partial charge in [0.25, 0.3) is 0 Å². The van der Waals surface area contributed by atoms with Gasteiger partial charge in [0.2, 0.25) is 5.90 Å². The maximum atomic E-state index is 6.02. The van der Waals surface area contributed by atoms with Crippen LogP contribution in [-0.4, -0.2) is 18.0 Å². The predicted molar refractivity (Wildman–Crippen MR) is 78.3 cm³/mol. The van der Waals surface area contributed by atoms with E-state index in [1.54, 1.807) is 6.26 Å². The highest BCUT2D eigenvalue weighted by molar-refractivity contribution is 5.97. The number of nitrogens with one attached hydrogen (secondary N) is 1. The van der Waals surface area contributed by atoms with Crippen molar-refractivity contribution < 1.29 is 4.74 Å². The first-order valence-electron chi connectivity index (χ1n) is 6.80. The van der Waals surface area contributed by atoms with Gasteiger partial charge < -0.3 is 15.8 Å². The Kier molecular flexibility index (Phi) is 3.15. The monoisotopic (exact) mass is 257 g/mol. The Morgan fingerprint density at radius 2 is 2.21 bits per heavy atom. The first kappa shape index (κ1) is 12.1. The number of nitrogens with two attached hydrogens (primary N) is 1. The molecule has 3 N–H and O–H groups in total. The highest BCUT2D eigenvalue weighted by Crippen LogP contribution is 2.28. The van der Waals surface area contributed by atoms with Crippen LogP contribution in [-0.2, 0) is 4.74 Å². The fourth-order valence-corrected chi connectivity index (χ4v) is 2.21. The van der Waals surface area contributed by atoms with Gasteiger partial charge in [0, 0.05) is 11.6 Å². The quantitative estimate of drug-likeness (QED) is 0.818. The Bertz CT molecular complexity index is 532. The predicted octanol–water partition coefficient (Wildman–Crippen LogP) is 2.91. The molecule has 100 valence electrons. The Balaban J connectivity index is 1.84. The molecule has 1 heterocycles. The van der Waals surface area contributed by atoms with Gasteiger partial charge in [0.1, 0.15) is 0 Å². The summed E-state index contributed by atoms with van der Waals surface area (Å²) in [5.74, 6) is 0.659. The van der Waals surface area contributed by atoms with E-state index in [1.807, 2.05) is 31.2 Å². The second-order valence-electron chi connectivity index (χ2n) is 5.20. The number of hydrogen-bond acceptors (Lipinski definition) is 4. The van der Waals surface area contributed by atoms with Crippen LogP contribution in [0.15, 0.2) is 35.5 Å². The van der Waals surface area contributed by atoms with E-state index >= 15 is 0 Å². The number of anilines is 2. The highest BCUT2D eigenvalue weighted by atomic mass is 16.5. The lowest BCUT2D eigenvalue weighted by atomic mass is 9.93. The Morgan fingerprint density at radius 3 is 2.89 bits per heavy atom. The summed E-state index contributed by atoms with van der Waals surface area (Å²) in [4.78, 5) is 4.48. The van der Waals surface area contributed by atoms with E-state index in [9.17, 15) is 0 Å². The van der Waals surface area contributed by atoms with Crippen LogP contribution in [0.5, 0.6) is 0 Å². The van der Waals surface area contributed by atoms with Crippen LogP contribution in [0, 0.1) is 0 Å². The minimum atomic E-state index is 0.157. The third kappa shape index (κ3) is 2.57. The standard InChI is InChI=1S/C15H19N3O/c1-10-7-8-19-15(17-10)11-5-6-13(16)14(9-11)18-12-3-2-4-12/h5-10,12,18H,2-4,16H2,1H3. The van der Waals surface area contributed by atoms with E-state index in [0.29, 0.717) is 11.9 Å². The number of benzene rings is 1. The van der Waals surface area contributed by atoms with Crippen LogP contribution in [0.25, 0.3) is 0 Å². The molecule has 0 radical (unpaired) electrons. The molecule has 0 spiro atoms. The molecule has 4 heteroatoms. The van der Waals surface area contributed by atoms with Crippen molar-refractivity contribution in [2.75, 3.05) is 11.1 Å². The topological polar surface area (TPSA) is 59.6 Å². The Labute approximate surface area is 113 Å². The minimum Gasteiger partial charge on any atom is -0.447 e. The van der Waals surface area contributed by atoms with E-state index in [0.717, 1.165) is 16.9 Å². The molecule has 0 amide bonds. The van der Waals surface area contributed by atoms with Crippen molar-refractivity contribution in [1.29, 1.82) is 0 Å². The molecule has 1 aromatic rings. The molecule has 4 nitrogen and oxygen atoms in total. The van der Waals surface area contributed by atoms with E-state index in [1.165, 1.54) is 19.3 Å². The van der Waals surface area contributed by atoms with Gasteiger partial charge >= 0.3 is 0 Å². The average molecular weight is 257 g/mol. The third-order valence-electron chi connectivity index (χ3n) is 3.62. The summed E-state index contributed by atoms with van der Waals surface area (Å²) >= 11 is 0. The second kappa shape index (κ2) is 4.96. The molecule has 1 fully saturated rings. The molecular weight excluding hydrogens is 238 g/mol. The van der Waals surface area contributed by atoms with E-state index in [2.05, 4.69) is 10.3 Å². The molecular formula is C15H19N3O. The van der Waals surface area contributed by atoms with Gasteiger partial charge in [-0.1, -0.05) is 0 Å². The molecule has 1 unspecified atom stereocenters. The zero-order valence-electron chi connectivity index (χ0n) is 11.1. The summed E-state index contributed by atoms with van der Waals surface area (Å²) in [5.41, 5.74) is 8.74. The molecule has 0 saturated heterocycles. The number of rotatable bonds is 3. The third-order valence-corrected chi connectivity index (χ3v) is 3.62. The van der Waals surface area contributed by atoms with Crippen molar-refractivity contribution >= 4 is 17.3 Å². The van der Waals surface area contributed by atoms with Crippen LogP contribution < -0.4 is 11.1 Å². The zero-order valence-corrected chi connectivity index (χ0v) is 11.1. The van der Waals surface area contributed by atoms with Gasteiger partial charge in [-0.25, -0.2) is 4.99 Å². The molecule has 0 aromatic heterocycles. The number of nitrogen functional groups attached to an aromatic ring is 1. The van der Waals surface area contributed by atoms with Crippen LogP contribution in [0.3, 0.4) is 0 Å². The zero-order chi connectivity index (χ0) is 13.2. The summed E-state index contributed by atoms with van der Waals surface area (Å²) in [6.45, 7) is 2.03. The normalized spacial score (nSPS) is 22.4. The SMILES string of the molecule is CC1C=COC(c2ccc(N)c(NC3CCC3)c2)=N1. The maximum Gasteiger partial charge on any atom is 0.221 e. The molecule has 1 aromatic carbocycles. The van der Waals surface area contributed by atoms with Crippen molar-refractivity contribution in [2.45, 2.75) is 38.3 Å². The van der Waals surface area contributed by atoms with Gasteiger partial charge in [-0.15, -0.1) is 0 Å². The van der Waals surface area contributed by atoms with Crippen molar-refractivity contribution in [2.24, 2.45) is 4.99 Å². The fraction of sp³-hybridized carbons (Fsp3) is 0.400. The summed E-state index contributed by atoms with van der Waals surface area (Å²) < 4.78 is 5.48. The number of ether oxygens (including phenoxy) is 1. The second-order valence-corrected chi connectivity index (χ2v) is 5.20. The number of nitrogens with zero attached hydrogens (tertiary/aromatic N) is 1. The Morgan fingerprint density at radius 1 is 1.37 bits per heavy atom. The number of hydrogen-bond donors (Lipinski definition) is 2. The molecule has 1 atom stereocenters. The van der Waals surface area contributed by atoms with Crippen LogP contribution >= 0.6 is 0 Å². The molecule has 2 aliphatic rings. The molecule has 19 heavy (non-hydrogen) atoms.